The SMILES string of the molecule is CN(C)C(=O)CN=C(NCCN1CCOCC1)NC1CCN(c2ccc(Cl)cc2)C1.I. The van der Waals surface area contributed by atoms with Gasteiger partial charge in [-0.25, -0.2) is 4.99 Å². The first-order chi connectivity index (χ1) is 14.5. The molecule has 0 saturated carbocycles. The molecule has 8 nitrogen and oxygen atoms in total. The van der Waals surface area contributed by atoms with Crippen LogP contribution in [0.25, 0.3) is 0 Å². The van der Waals surface area contributed by atoms with Crippen LogP contribution >= 0.6 is 35.6 Å². The summed E-state index contributed by atoms with van der Waals surface area (Å²) in [6, 6.07) is 8.21. The van der Waals surface area contributed by atoms with E-state index >= 15 is 0 Å². The number of nitrogens with zero attached hydrogens (tertiary/aromatic N) is 4. The van der Waals surface area contributed by atoms with Crippen molar-refractivity contribution >= 4 is 53.1 Å². The number of hydrogen-bond donors (Lipinski definition) is 2. The number of hydrogen-bond acceptors (Lipinski definition) is 5. The highest BCUT2D eigenvalue weighted by molar-refractivity contribution is 14.0. The van der Waals surface area contributed by atoms with Gasteiger partial charge in [-0.3, -0.25) is 9.69 Å². The molecule has 2 aliphatic rings. The highest BCUT2D eigenvalue weighted by Gasteiger charge is 2.23. The predicted octanol–water partition coefficient (Wildman–Crippen LogP) is 1.49. The molecule has 3 rings (SSSR count). The lowest BCUT2D eigenvalue weighted by Gasteiger charge is -2.27. The van der Waals surface area contributed by atoms with E-state index in [0.717, 1.165) is 63.9 Å². The summed E-state index contributed by atoms with van der Waals surface area (Å²) in [7, 11) is 3.50. The Labute approximate surface area is 207 Å². The molecule has 0 aromatic heterocycles. The molecule has 31 heavy (non-hydrogen) atoms. The summed E-state index contributed by atoms with van der Waals surface area (Å²) < 4.78 is 5.40. The van der Waals surface area contributed by atoms with E-state index in [-0.39, 0.29) is 42.5 Å². The van der Waals surface area contributed by atoms with E-state index in [4.69, 9.17) is 16.3 Å². The number of nitrogens with one attached hydrogen (secondary N) is 2. The fourth-order valence-electron chi connectivity index (χ4n) is 3.56. The number of ether oxygens (including phenoxy) is 1. The van der Waals surface area contributed by atoms with Crippen molar-refractivity contribution in [3.63, 3.8) is 0 Å². The Morgan fingerprint density at radius 2 is 1.94 bits per heavy atom. The van der Waals surface area contributed by atoms with Crippen molar-refractivity contribution in [3.05, 3.63) is 29.3 Å². The van der Waals surface area contributed by atoms with E-state index < -0.39 is 0 Å². The molecule has 1 aromatic rings. The molecule has 2 aliphatic heterocycles. The second-order valence-electron chi connectivity index (χ2n) is 7.89. The summed E-state index contributed by atoms with van der Waals surface area (Å²) >= 11 is 6.01. The van der Waals surface area contributed by atoms with Gasteiger partial charge in [0, 0.05) is 70.1 Å². The summed E-state index contributed by atoms with van der Waals surface area (Å²) in [6.45, 7) is 7.18. The summed E-state index contributed by atoms with van der Waals surface area (Å²) in [5, 5.41) is 7.66. The Bertz CT molecular complexity index is 712. The van der Waals surface area contributed by atoms with Crippen molar-refractivity contribution < 1.29 is 9.53 Å². The summed E-state index contributed by atoms with van der Waals surface area (Å²) in [5.41, 5.74) is 1.17. The summed E-state index contributed by atoms with van der Waals surface area (Å²) in [4.78, 5) is 22.8. The second-order valence-corrected chi connectivity index (χ2v) is 8.32. The van der Waals surface area contributed by atoms with Gasteiger partial charge >= 0.3 is 0 Å². The Balaban J connectivity index is 0.00000341. The Morgan fingerprint density at radius 1 is 1.23 bits per heavy atom. The Kier molecular flexibility index (Phi) is 11.1. The van der Waals surface area contributed by atoms with Crippen molar-refractivity contribution in [3.8, 4) is 0 Å². The van der Waals surface area contributed by atoms with Crippen LogP contribution in [0.4, 0.5) is 5.69 Å². The number of amides is 1. The zero-order chi connectivity index (χ0) is 21.3. The number of carbonyl (C=O) groups is 1. The van der Waals surface area contributed by atoms with Gasteiger partial charge in [0.15, 0.2) is 5.96 Å². The average molecular weight is 565 g/mol. The largest absolute Gasteiger partial charge is 0.379 e. The van der Waals surface area contributed by atoms with Gasteiger partial charge in [-0.15, -0.1) is 24.0 Å². The van der Waals surface area contributed by atoms with Gasteiger partial charge in [-0.1, -0.05) is 11.6 Å². The van der Waals surface area contributed by atoms with Gasteiger partial charge in [-0.05, 0) is 30.7 Å². The number of anilines is 1. The van der Waals surface area contributed by atoms with Crippen molar-refractivity contribution in [1.29, 1.82) is 0 Å². The number of carbonyl (C=O) groups excluding carboxylic acids is 1. The summed E-state index contributed by atoms with van der Waals surface area (Å²) in [5.74, 6) is 0.680. The monoisotopic (exact) mass is 564 g/mol. The highest BCUT2D eigenvalue weighted by atomic mass is 127. The van der Waals surface area contributed by atoms with E-state index in [1.165, 1.54) is 5.69 Å². The first-order valence-corrected chi connectivity index (χ1v) is 10.9. The number of rotatable bonds is 7. The third kappa shape index (κ3) is 8.63. The van der Waals surface area contributed by atoms with Crippen molar-refractivity contribution in [1.82, 2.24) is 20.4 Å². The molecule has 174 valence electrons. The van der Waals surface area contributed by atoms with Gasteiger partial charge in [0.2, 0.25) is 5.91 Å². The molecule has 1 aromatic carbocycles. The lowest BCUT2D eigenvalue weighted by Crippen LogP contribution is -2.48. The van der Waals surface area contributed by atoms with Crippen LogP contribution in [0.5, 0.6) is 0 Å². The fraction of sp³-hybridized carbons (Fsp3) is 0.619. The standard InChI is InChI=1S/C21H33ClN6O2.HI/c1-26(2)20(29)15-24-21(23-8-10-27-11-13-30-14-12-27)25-18-7-9-28(16-18)19-5-3-17(22)4-6-19;/h3-6,18H,7-16H2,1-2H3,(H2,23,24,25);1H. The maximum absolute atomic E-state index is 12.0. The number of benzene rings is 1. The number of halogens is 2. The number of morpholine rings is 1. The molecule has 1 amide bonds. The second kappa shape index (κ2) is 13.3. The molecular weight excluding hydrogens is 531 g/mol. The van der Waals surface area contributed by atoms with Crippen LogP contribution in [-0.4, -0.2) is 101 Å². The summed E-state index contributed by atoms with van der Waals surface area (Å²) in [6.07, 6.45) is 1.01. The van der Waals surface area contributed by atoms with Gasteiger partial charge in [0.1, 0.15) is 6.54 Å². The Hall–Kier alpha value is -1.30. The molecule has 0 radical (unpaired) electrons. The third-order valence-corrected chi connectivity index (χ3v) is 5.67. The van der Waals surface area contributed by atoms with Gasteiger partial charge in [0.05, 0.1) is 13.2 Å². The van der Waals surface area contributed by atoms with Crippen LogP contribution in [0.3, 0.4) is 0 Å². The molecule has 0 spiro atoms. The highest BCUT2D eigenvalue weighted by Crippen LogP contribution is 2.22. The molecular formula is C21H34ClIN6O2. The van der Waals surface area contributed by atoms with E-state index in [2.05, 4.69) is 37.6 Å². The molecule has 0 bridgehead atoms. The van der Waals surface area contributed by atoms with Gasteiger partial charge in [-0.2, -0.15) is 0 Å². The predicted molar refractivity (Wildman–Crippen MR) is 137 cm³/mol. The first kappa shape index (κ1) is 26.0. The Morgan fingerprint density at radius 3 is 2.61 bits per heavy atom. The smallest absolute Gasteiger partial charge is 0.243 e. The normalized spacial score (nSPS) is 19.6. The van der Waals surface area contributed by atoms with Crippen LogP contribution < -0.4 is 15.5 Å². The lowest BCUT2D eigenvalue weighted by molar-refractivity contribution is -0.127. The van der Waals surface area contributed by atoms with E-state index in [0.29, 0.717) is 5.96 Å². The van der Waals surface area contributed by atoms with E-state index in [1.54, 1.807) is 19.0 Å². The molecule has 10 heteroatoms. The molecule has 1 atom stereocenters. The molecule has 0 aliphatic carbocycles. The number of aliphatic imine (C=N–C) groups is 1. The minimum atomic E-state index is -0.0153. The van der Waals surface area contributed by atoms with Crippen LogP contribution in [0, 0.1) is 0 Å². The van der Waals surface area contributed by atoms with Crippen LogP contribution in [0.2, 0.25) is 5.02 Å². The van der Waals surface area contributed by atoms with Crippen LogP contribution in [0.15, 0.2) is 29.3 Å². The lowest BCUT2D eigenvalue weighted by atomic mass is 10.2. The third-order valence-electron chi connectivity index (χ3n) is 5.42. The average Bonchev–Trinajstić information content (AvgIpc) is 3.21. The van der Waals surface area contributed by atoms with E-state index in [1.807, 2.05) is 12.1 Å². The number of likely N-dealkylation sites (N-methyl/N-ethyl adjacent to an activating group) is 1. The quantitative estimate of drug-likeness (QED) is 0.297. The van der Waals surface area contributed by atoms with Gasteiger partial charge < -0.3 is 25.2 Å². The minimum Gasteiger partial charge on any atom is -0.379 e. The van der Waals surface area contributed by atoms with Gasteiger partial charge in [0.25, 0.3) is 0 Å². The molecule has 1 unspecified atom stereocenters. The van der Waals surface area contributed by atoms with Crippen LogP contribution in [0.1, 0.15) is 6.42 Å². The van der Waals surface area contributed by atoms with Crippen molar-refractivity contribution in [2.45, 2.75) is 12.5 Å². The van der Waals surface area contributed by atoms with Crippen molar-refractivity contribution in [2.24, 2.45) is 4.99 Å². The molecule has 2 fully saturated rings. The van der Waals surface area contributed by atoms with E-state index in [9.17, 15) is 4.79 Å². The molecule has 2 heterocycles. The number of guanidine groups is 1. The molecule has 2 saturated heterocycles. The topological polar surface area (TPSA) is 72.4 Å². The maximum atomic E-state index is 12.0. The maximum Gasteiger partial charge on any atom is 0.243 e. The fourth-order valence-corrected chi connectivity index (χ4v) is 3.68. The zero-order valence-corrected chi connectivity index (χ0v) is 21.4. The molecule has 2 N–H and O–H groups in total. The zero-order valence-electron chi connectivity index (χ0n) is 18.3. The first-order valence-electron chi connectivity index (χ1n) is 10.6. The minimum absolute atomic E-state index is 0. The van der Waals surface area contributed by atoms with Crippen LogP contribution in [-0.2, 0) is 9.53 Å². The van der Waals surface area contributed by atoms with Crippen molar-refractivity contribution in [2.75, 3.05) is 78.0 Å².